The number of amides is 1. The molecule has 1 aromatic carbocycles. The molecule has 0 fully saturated rings. The third-order valence-corrected chi connectivity index (χ3v) is 3.74. The lowest BCUT2D eigenvalue weighted by atomic mass is 10.2. The van der Waals surface area contributed by atoms with Gasteiger partial charge in [-0.2, -0.15) is 5.10 Å². The molecule has 0 saturated carbocycles. The van der Waals surface area contributed by atoms with Crippen molar-refractivity contribution in [3.63, 3.8) is 0 Å². The van der Waals surface area contributed by atoms with Crippen molar-refractivity contribution in [2.45, 2.75) is 20.4 Å². The van der Waals surface area contributed by atoms with Crippen molar-refractivity contribution in [3.05, 3.63) is 53.6 Å². The molecule has 0 atom stereocenters. The summed E-state index contributed by atoms with van der Waals surface area (Å²) in [5.74, 6) is 0.531. The summed E-state index contributed by atoms with van der Waals surface area (Å²) >= 11 is 0. The molecule has 0 saturated heterocycles. The quantitative estimate of drug-likeness (QED) is 0.535. The van der Waals surface area contributed by atoms with Gasteiger partial charge in [0.05, 0.1) is 12.7 Å². The van der Waals surface area contributed by atoms with Crippen molar-refractivity contribution in [1.82, 2.24) is 25.2 Å². The van der Waals surface area contributed by atoms with Gasteiger partial charge in [0.2, 0.25) is 0 Å². The van der Waals surface area contributed by atoms with E-state index >= 15 is 0 Å². The first-order valence-electron chi connectivity index (χ1n) is 9.48. The summed E-state index contributed by atoms with van der Waals surface area (Å²) in [6, 6.07) is 6.08. The Hall–Kier alpha value is -3.20. The smallest absolute Gasteiger partial charge is 0.256 e. The summed E-state index contributed by atoms with van der Waals surface area (Å²) in [6.45, 7) is 4.95. The lowest BCUT2D eigenvalue weighted by molar-refractivity contribution is 0.0948. The summed E-state index contributed by atoms with van der Waals surface area (Å²) in [5.41, 5.74) is 1.52. The molecule has 1 aliphatic rings. The maximum absolute atomic E-state index is 13.5. The minimum Gasteiger partial charge on any atom is -0.491 e. The van der Waals surface area contributed by atoms with Crippen molar-refractivity contribution >= 4 is 17.4 Å². The first-order chi connectivity index (χ1) is 14.1. The molecule has 1 amide bonds. The molecule has 3 heterocycles. The molecule has 0 radical (unpaired) electrons. The molecule has 3 N–H and O–H groups in total. The van der Waals surface area contributed by atoms with E-state index in [-0.39, 0.29) is 18.3 Å². The highest BCUT2D eigenvalue weighted by Gasteiger charge is 2.15. The van der Waals surface area contributed by atoms with Crippen LogP contribution in [0.1, 0.15) is 29.8 Å². The fraction of sp³-hybridized carbons (Fsp3) is 0.350. The highest BCUT2D eigenvalue weighted by atomic mass is 19.1. The van der Waals surface area contributed by atoms with Crippen molar-refractivity contribution < 1.29 is 13.9 Å². The summed E-state index contributed by atoms with van der Waals surface area (Å²) < 4.78 is 20.7. The van der Waals surface area contributed by atoms with Crippen LogP contribution in [0.4, 0.5) is 10.2 Å². The second-order valence-corrected chi connectivity index (χ2v) is 5.85. The highest BCUT2D eigenvalue weighted by Crippen LogP contribution is 2.21. The van der Waals surface area contributed by atoms with Gasteiger partial charge in [-0.25, -0.2) is 13.9 Å². The van der Waals surface area contributed by atoms with E-state index in [0.717, 1.165) is 0 Å². The zero-order valence-corrected chi connectivity index (χ0v) is 17.1. The predicted molar refractivity (Wildman–Crippen MR) is 111 cm³/mol. The van der Waals surface area contributed by atoms with Crippen LogP contribution in [0.15, 0.2) is 36.7 Å². The topological polar surface area (TPSA) is 92.6 Å². The Labute approximate surface area is 169 Å². The molecule has 3 aromatic rings. The Morgan fingerprint density at radius 2 is 1.97 bits per heavy atom. The van der Waals surface area contributed by atoms with Crippen molar-refractivity contribution in [2.24, 2.45) is 0 Å². The first kappa shape index (κ1) is 22.1. The summed E-state index contributed by atoms with van der Waals surface area (Å²) in [5, 5.41) is 12.8. The number of hydrogen-bond acceptors (Lipinski definition) is 6. The molecule has 2 bridgehead atoms. The number of halogens is 1. The first-order valence-corrected chi connectivity index (χ1v) is 9.48. The zero-order valence-electron chi connectivity index (χ0n) is 17.1. The monoisotopic (exact) mass is 402 g/mol. The van der Waals surface area contributed by atoms with Crippen LogP contribution in [-0.4, -0.2) is 47.8 Å². The van der Waals surface area contributed by atoms with E-state index in [1.165, 1.54) is 22.8 Å². The maximum Gasteiger partial charge on any atom is 0.256 e. The Bertz CT molecular complexity index is 944. The van der Waals surface area contributed by atoms with Crippen molar-refractivity contribution in [1.29, 1.82) is 0 Å². The molecule has 0 aliphatic carbocycles. The van der Waals surface area contributed by atoms with Gasteiger partial charge >= 0.3 is 0 Å². The maximum atomic E-state index is 13.5. The van der Waals surface area contributed by atoms with Crippen molar-refractivity contribution in [2.75, 3.05) is 32.6 Å². The fourth-order valence-electron chi connectivity index (χ4n) is 2.56. The van der Waals surface area contributed by atoms with E-state index in [1.54, 1.807) is 18.3 Å². The molecule has 156 valence electrons. The number of rotatable bonds is 0. The Morgan fingerprint density at radius 1 is 1.21 bits per heavy atom. The van der Waals surface area contributed by atoms with E-state index in [2.05, 4.69) is 26.0 Å². The van der Waals surface area contributed by atoms with Crippen LogP contribution < -0.4 is 20.7 Å². The number of ether oxygens (including phenoxy) is 1. The second-order valence-electron chi connectivity index (χ2n) is 5.85. The summed E-state index contributed by atoms with van der Waals surface area (Å²) in [7, 11) is 3.75. The Kier molecular flexibility index (Phi) is 8.35. The summed E-state index contributed by atoms with van der Waals surface area (Å²) in [4.78, 5) is 16.7. The van der Waals surface area contributed by atoms with Crippen LogP contribution in [0.25, 0.3) is 5.65 Å². The number of aromatic nitrogens is 3. The molecule has 8 nitrogen and oxygen atoms in total. The third-order valence-electron chi connectivity index (χ3n) is 3.74. The van der Waals surface area contributed by atoms with Crippen LogP contribution in [0, 0.1) is 5.82 Å². The van der Waals surface area contributed by atoms with Crippen LogP contribution in [0.3, 0.4) is 0 Å². The second kappa shape index (κ2) is 11.0. The molecular formula is C20H27FN6O2. The molecule has 0 spiro atoms. The normalized spacial score (nSPS) is 12.9. The number of nitrogens with zero attached hydrogens (tertiary/aromatic N) is 3. The zero-order chi connectivity index (χ0) is 21.2. The summed E-state index contributed by atoms with van der Waals surface area (Å²) in [6.07, 6.45) is 3.19. The predicted octanol–water partition coefficient (Wildman–Crippen LogP) is 2.46. The van der Waals surface area contributed by atoms with Crippen molar-refractivity contribution in [3.8, 4) is 5.75 Å². The molecule has 29 heavy (non-hydrogen) atoms. The highest BCUT2D eigenvalue weighted by molar-refractivity contribution is 5.99. The van der Waals surface area contributed by atoms with Crippen LogP contribution >= 0.6 is 0 Å². The molecule has 1 aliphatic heterocycles. The molecule has 4 rings (SSSR count). The van der Waals surface area contributed by atoms with E-state index < -0.39 is 0 Å². The van der Waals surface area contributed by atoms with E-state index in [1.807, 2.05) is 27.9 Å². The van der Waals surface area contributed by atoms with E-state index in [9.17, 15) is 9.18 Å². The number of anilines is 1. The van der Waals surface area contributed by atoms with Gasteiger partial charge in [0.15, 0.2) is 5.65 Å². The lowest BCUT2D eigenvalue weighted by Crippen LogP contribution is -2.28. The van der Waals surface area contributed by atoms with Gasteiger partial charge in [-0.05, 0) is 38.4 Å². The van der Waals surface area contributed by atoms with Crippen LogP contribution in [0.2, 0.25) is 0 Å². The SMILES string of the molecule is CC.CNC.O=C1NCCOc2ccc(F)cc2CNc2ccn3ncc1c3n2. The molecule has 9 heteroatoms. The minimum absolute atomic E-state index is 0.267. The van der Waals surface area contributed by atoms with Gasteiger partial charge < -0.3 is 20.7 Å². The number of carbonyl (C=O) groups excluding carboxylic acids is 1. The number of fused-ring (bicyclic) bond motifs is 2. The standard InChI is InChI=1S/C16H14FN5O2.C2H7N.C2H6/c17-11-1-2-13-10(7-11)8-19-14-3-5-22-15(21-14)12(9-20-22)16(23)18-4-6-24-13;1-3-2;1-2/h1-3,5,7,9H,4,6,8H2,(H,18,23)(H,19,21);3H,1-2H3;1-2H3. The fourth-order valence-corrected chi connectivity index (χ4v) is 2.56. The van der Waals surface area contributed by atoms with Gasteiger partial charge in [-0.3, -0.25) is 4.79 Å². The molecular weight excluding hydrogens is 375 g/mol. The van der Waals surface area contributed by atoms with Crippen LogP contribution in [-0.2, 0) is 6.54 Å². The average molecular weight is 402 g/mol. The lowest BCUT2D eigenvalue weighted by Gasteiger charge is -2.12. The van der Waals surface area contributed by atoms with Gasteiger partial charge in [-0.15, -0.1) is 0 Å². The molecule has 0 unspecified atom stereocenters. The Balaban J connectivity index is 0.000000551. The third kappa shape index (κ3) is 5.64. The van der Waals surface area contributed by atoms with Gasteiger partial charge in [-0.1, -0.05) is 13.8 Å². The largest absolute Gasteiger partial charge is 0.491 e. The van der Waals surface area contributed by atoms with Crippen LogP contribution in [0.5, 0.6) is 5.75 Å². The van der Waals surface area contributed by atoms with Gasteiger partial charge in [0, 0.05) is 18.3 Å². The van der Waals surface area contributed by atoms with Gasteiger partial charge in [0.1, 0.15) is 29.6 Å². The van der Waals surface area contributed by atoms with Gasteiger partial charge in [0.25, 0.3) is 5.91 Å². The number of benzene rings is 1. The molecule has 2 aromatic heterocycles. The minimum atomic E-state index is -0.335. The van der Waals surface area contributed by atoms with E-state index in [4.69, 9.17) is 4.74 Å². The number of nitrogens with one attached hydrogen (secondary N) is 3. The number of carbonyl (C=O) groups is 1. The number of hydrogen-bond donors (Lipinski definition) is 3. The van der Waals surface area contributed by atoms with E-state index in [0.29, 0.717) is 41.4 Å². The average Bonchev–Trinajstić information content (AvgIpc) is 3.15. The Morgan fingerprint density at radius 3 is 2.72 bits per heavy atom.